The van der Waals surface area contributed by atoms with Gasteiger partial charge in [-0.1, -0.05) is 51.9 Å². The van der Waals surface area contributed by atoms with Gasteiger partial charge < -0.3 is 0 Å². The Balaban J connectivity index is 1.90. The van der Waals surface area contributed by atoms with Crippen LogP contribution in [0.2, 0.25) is 0 Å². The Bertz CT molecular complexity index is 1590. The molecule has 0 aromatic heterocycles. The molecule has 10 nitrogen and oxygen atoms in total. The molecule has 1 aliphatic carbocycles. The van der Waals surface area contributed by atoms with Crippen LogP contribution in [-0.4, -0.2) is 14.8 Å². The summed E-state index contributed by atoms with van der Waals surface area (Å²) in [6.07, 6.45) is 1.84. The van der Waals surface area contributed by atoms with Crippen molar-refractivity contribution >= 4 is 49.1 Å². The maximum atomic E-state index is 11.9. The first-order chi connectivity index (χ1) is 16.8. The third-order valence-corrected chi connectivity index (χ3v) is 7.99. The summed E-state index contributed by atoms with van der Waals surface area (Å²) in [7, 11) is 2.77. The molecule has 0 unspecified atom stereocenters. The summed E-state index contributed by atoms with van der Waals surface area (Å²) in [5.41, 5.74) is 0.440. The van der Waals surface area contributed by atoms with Gasteiger partial charge in [0.1, 0.15) is 6.07 Å². The molecule has 0 radical (unpaired) electrons. The van der Waals surface area contributed by atoms with Crippen LogP contribution < -0.4 is 0 Å². The van der Waals surface area contributed by atoms with E-state index in [0.29, 0.717) is 10.5 Å². The lowest BCUT2D eigenvalue weighted by Gasteiger charge is -2.06. The second-order valence-electron chi connectivity index (χ2n) is 7.47. The number of fused-ring (bicyclic) bond motifs is 3. The van der Waals surface area contributed by atoms with Crippen LogP contribution in [0.4, 0.5) is 17.1 Å². The van der Waals surface area contributed by atoms with Crippen LogP contribution in [0.25, 0.3) is 21.6 Å². The average molecular weight is 502 g/mol. The highest BCUT2D eigenvalue weighted by Crippen LogP contribution is 2.59. The van der Waals surface area contributed by atoms with E-state index in [1.807, 2.05) is 42.5 Å². The normalized spacial score (nSPS) is 15.7. The molecule has 1 aliphatic heterocycles. The number of nitriles is 1. The van der Waals surface area contributed by atoms with E-state index >= 15 is 0 Å². The molecule has 3 aromatic rings. The molecule has 35 heavy (non-hydrogen) atoms. The van der Waals surface area contributed by atoms with Gasteiger partial charge in [-0.2, -0.15) is 5.26 Å². The van der Waals surface area contributed by atoms with E-state index in [1.54, 1.807) is 0 Å². The lowest BCUT2D eigenvalue weighted by atomic mass is 9.97. The Kier molecular flexibility index (Phi) is 5.35. The maximum absolute atomic E-state index is 11.9. The van der Waals surface area contributed by atoms with Gasteiger partial charge in [-0.05, 0) is 17.2 Å². The molecule has 0 saturated carbocycles. The van der Waals surface area contributed by atoms with Crippen molar-refractivity contribution in [2.45, 2.75) is 0 Å². The van der Waals surface area contributed by atoms with Gasteiger partial charge in [0.25, 0.3) is 17.1 Å². The van der Waals surface area contributed by atoms with Crippen molar-refractivity contribution in [1.82, 2.24) is 0 Å². The number of nitro benzene ring substituents is 3. The van der Waals surface area contributed by atoms with Crippen LogP contribution in [0.3, 0.4) is 0 Å². The van der Waals surface area contributed by atoms with E-state index in [4.69, 9.17) is 0 Å². The highest BCUT2D eigenvalue weighted by atomic mass is 33.1. The van der Waals surface area contributed by atoms with Crippen LogP contribution in [0.1, 0.15) is 22.3 Å². The maximum Gasteiger partial charge on any atom is 0.284 e. The van der Waals surface area contributed by atoms with Gasteiger partial charge >= 0.3 is 0 Å². The van der Waals surface area contributed by atoms with Crippen LogP contribution in [0.15, 0.2) is 65.6 Å². The number of nitro groups is 3. The number of nitrogens with zero attached hydrogens (tertiary/aromatic N) is 4. The topological polar surface area (TPSA) is 153 Å². The molecule has 2 aliphatic rings. The summed E-state index contributed by atoms with van der Waals surface area (Å²) in [6.45, 7) is 0. The van der Waals surface area contributed by atoms with E-state index in [9.17, 15) is 35.6 Å². The molecule has 0 bridgehead atoms. The third kappa shape index (κ3) is 3.63. The summed E-state index contributed by atoms with van der Waals surface area (Å²) in [5.74, 6) is 0. The minimum atomic E-state index is -0.742. The van der Waals surface area contributed by atoms with Gasteiger partial charge in [0.15, 0.2) is 0 Å². The second kappa shape index (κ2) is 8.39. The molecule has 170 valence electrons. The Labute approximate surface area is 204 Å². The van der Waals surface area contributed by atoms with Crippen LogP contribution in [0.5, 0.6) is 0 Å². The molecule has 0 spiro atoms. The zero-order chi connectivity index (χ0) is 24.9. The summed E-state index contributed by atoms with van der Waals surface area (Å²) in [4.78, 5) is 34.5. The van der Waals surface area contributed by atoms with Crippen molar-refractivity contribution in [2.24, 2.45) is 0 Å². The quantitative estimate of drug-likeness (QED) is 0.174. The van der Waals surface area contributed by atoms with Crippen LogP contribution >= 0.6 is 21.6 Å². The van der Waals surface area contributed by atoms with Crippen molar-refractivity contribution in [1.29, 1.82) is 5.26 Å². The fourth-order valence-electron chi connectivity index (χ4n) is 4.12. The largest absolute Gasteiger partial charge is 0.284 e. The molecular formula is C23H10N4O6S2. The Morgan fingerprint density at radius 2 is 1.40 bits per heavy atom. The molecule has 3 aromatic carbocycles. The first-order valence-electron chi connectivity index (χ1n) is 9.86. The summed E-state index contributed by atoms with van der Waals surface area (Å²) < 4.78 is 0. The Hall–Kier alpha value is -4.47. The van der Waals surface area contributed by atoms with Gasteiger partial charge in [-0.3, -0.25) is 30.3 Å². The van der Waals surface area contributed by atoms with E-state index < -0.39 is 26.1 Å². The highest BCUT2D eigenvalue weighted by Gasteiger charge is 2.39. The van der Waals surface area contributed by atoms with Crippen molar-refractivity contribution < 1.29 is 14.8 Å². The van der Waals surface area contributed by atoms with E-state index in [2.05, 4.69) is 0 Å². The van der Waals surface area contributed by atoms with Crippen molar-refractivity contribution in [2.75, 3.05) is 0 Å². The minimum absolute atomic E-state index is 0.0386. The van der Waals surface area contributed by atoms with Crippen molar-refractivity contribution in [3.8, 4) is 17.2 Å². The lowest BCUT2D eigenvalue weighted by Crippen LogP contribution is -1.97. The fraction of sp³-hybridized carbons (Fsp3) is 0. The molecule has 0 N–H and O–H groups in total. The molecule has 0 saturated heterocycles. The molecule has 0 amide bonds. The lowest BCUT2D eigenvalue weighted by molar-refractivity contribution is -0.393. The van der Waals surface area contributed by atoms with Crippen LogP contribution in [-0.2, 0) is 0 Å². The predicted octanol–water partition coefficient (Wildman–Crippen LogP) is 6.46. The zero-order valence-corrected chi connectivity index (χ0v) is 19.0. The smallest absolute Gasteiger partial charge is 0.258 e. The number of benzene rings is 3. The van der Waals surface area contributed by atoms with Crippen molar-refractivity contribution in [3.05, 3.63) is 118 Å². The number of allylic oxidation sites excluding steroid dienone is 1. The molecule has 12 heteroatoms. The predicted molar refractivity (Wildman–Crippen MR) is 132 cm³/mol. The van der Waals surface area contributed by atoms with Crippen molar-refractivity contribution in [3.63, 3.8) is 0 Å². The Morgan fingerprint density at radius 3 is 2.00 bits per heavy atom. The zero-order valence-electron chi connectivity index (χ0n) is 17.3. The standard InChI is InChI=1S/C23H10N4O6S2/c24-11-13-6-14(25(28)29)7-16-21(13)23-17(8-15(26(30)31)9-18(23)27(32)33)22(16)20-10-19(34-35-20)12-4-2-1-3-5-12/h1-10H/b22-20+. The number of hydrogen-bond acceptors (Lipinski definition) is 9. The summed E-state index contributed by atoms with van der Waals surface area (Å²) in [6, 6.07) is 15.7. The fourth-order valence-corrected chi connectivity index (χ4v) is 6.61. The van der Waals surface area contributed by atoms with E-state index in [1.165, 1.54) is 33.7 Å². The van der Waals surface area contributed by atoms with Gasteiger partial charge in [-0.15, -0.1) is 0 Å². The highest BCUT2D eigenvalue weighted by molar-refractivity contribution is 8.82. The first-order valence-corrected chi connectivity index (χ1v) is 12.0. The third-order valence-electron chi connectivity index (χ3n) is 5.54. The molecule has 5 rings (SSSR count). The number of rotatable bonds is 4. The summed E-state index contributed by atoms with van der Waals surface area (Å²) in [5, 5.41) is 44.9. The second-order valence-corrected chi connectivity index (χ2v) is 9.68. The number of hydrogen-bond donors (Lipinski definition) is 0. The SMILES string of the molecule is N#Cc1cc([N+](=O)[O-])cc2c1-c1c(cc([N+](=O)[O-])cc1[N+](=O)[O-])/C2=C1\C=C(c2ccccc2)SS1. The van der Waals surface area contributed by atoms with Gasteiger partial charge in [0, 0.05) is 44.7 Å². The van der Waals surface area contributed by atoms with E-state index in [0.717, 1.165) is 22.6 Å². The minimum Gasteiger partial charge on any atom is -0.258 e. The average Bonchev–Trinajstić information content (AvgIpc) is 3.45. The van der Waals surface area contributed by atoms with Gasteiger partial charge in [0.2, 0.25) is 0 Å². The van der Waals surface area contributed by atoms with Gasteiger partial charge in [0.05, 0.1) is 32.0 Å². The number of non-ortho nitro benzene ring substituents is 2. The van der Waals surface area contributed by atoms with Crippen LogP contribution in [0, 0.1) is 41.7 Å². The molecule has 1 heterocycles. The molecule has 0 atom stereocenters. The molecular weight excluding hydrogens is 492 g/mol. The van der Waals surface area contributed by atoms with Gasteiger partial charge in [-0.25, -0.2) is 0 Å². The first kappa shape index (κ1) is 22.3. The summed E-state index contributed by atoms with van der Waals surface area (Å²) >= 11 is 0. The van der Waals surface area contributed by atoms with E-state index in [-0.39, 0.29) is 33.5 Å². The monoisotopic (exact) mass is 502 g/mol. The molecule has 0 fully saturated rings. The Morgan fingerprint density at radius 1 is 0.771 bits per heavy atom.